The number of methoxy groups -OCH3 is 2. The molecule has 0 saturated heterocycles. The minimum Gasteiger partial charge on any atom is -0.497 e. The molecule has 182 valence electrons. The standard InChI is InChI=1S/C28H22N6O3/c1-36-21-10-6-17(7-11-21)18-4-3-5-20(14-18)34-26-23(25-24(27(34)35)16-30-33-25)15-29-28(32-26)31-19-8-12-22(37-2)13-9-19/h3-16H,1-2H3,(H,30,33)(H,29,31,32). The molecule has 0 atom stereocenters. The number of anilines is 2. The van der Waals surface area contributed by atoms with Gasteiger partial charge in [-0.25, -0.2) is 4.98 Å². The second kappa shape index (κ2) is 9.12. The van der Waals surface area contributed by atoms with E-state index >= 15 is 0 Å². The topological polar surface area (TPSA) is 107 Å². The Morgan fingerprint density at radius 1 is 0.865 bits per heavy atom. The predicted octanol–water partition coefficient (Wildman–Crippen LogP) is 5.08. The van der Waals surface area contributed by atoms with Gasteiger partial charge in [-0.2, -0.15) is 10.1 Å². The fourth-order valence-corrected chi connectivity index (χ4v) is 4.30. The van der Waals surface area contributed by atoms with E-state index in [1.54, 1.807) is 31.2 Å². The van der Waals surface area contributed by atoms with Crippen LogP contribution in [0.5, 0.6) is 11.5 Å². The summed E-state index contributed by atoms with van der Waals surface area (Å²) in [6.45, 7) is 0. The van der Waals surface area contributed by atoms with E-state index in [0.717, 1.165) is 28.3 Å². The molecule has 3 heterocycles. The number of nitrogens with zero attached hydrogens (tertiary/aromatic N) is 4. The molecule has 9 heteroatoms. The number of nitrogens with one attached hydrogen (secondary N) is 2. The van der Waals surface area contributed by atoms with Crippen molar-refractivity contribution >= 4 is 33.6 Å². The van der Waals surface area contributed by atoms with E-state index in [2.05, 4.69) is 20.5 Å². The number of hydrogen-bond acceptors (Lipinski definition) is 7. The molecule has 0 amide bonds. The number of hydrogen-bond donors (Lipinski definition) is 2. The highest BCUT2D eigenvalue weighted by Crippen LogP contribution is 2.27. The van der Waals surface area contributed by atoms with Crippen LogP contribution >= 0.6 is 0 Å². The zero-order chi connectivity index (χ0) is 25.4. The smallest absolute Gasteiger partial charge is 0.267 e. The van der Waals surface area contributed by atoms with Crippen LogP contribution in [0.2, 0.25) is 0 Å². The van der Waals surface area contributed by atoms with Crippen molar-refractivity contribution in [3.8, 4) is 28.3 Å². The highest BCUT2D eigenvalue weighted by molar-refractivity contribution is 6.02. The monoisotopic (exact) mass is 490 g/mol. The maximum atomic E-state index is 13.7. The van der Waals surface area contributed by atoms with Crippen molar-refractivity contribution in [1.82, 2.24) is 24.7 Å². The van der Waals surface area contributed by atoms with Crippen LogP contribution in [0.15, 0.2) is 90.0 Å². The van der Waals surface area contributed by atoms with Crippen molar-refractivity contribution in [3.63, 3.8) is 0 Å². The highest BCUT2D eigenvalue weighted by Gasteiger charge is 2.17. The molecule has 0 aliphatic heterocycles. The summed E-state index contributed by atoms with van der Waals surface area (Å²) >= 11 is 0. The fraction of sp³-hybridized carbons (Fsp3) is 0.0714. The molecule has 0 spiro atoms. The third-order valence-corrected chi connectivity index (χ3v) is 6.18. The third-order valence-electron chi connectivity index (χ3n) is 6.18. The van der Waals surface area contributed by atoms with Gasteiger partial charge in [0, 0.05) is 18.1 Å². The first kappa shape index (κ1) is 22.3. The molecule has 0 fully saturated rings. The van der Waals surface area contributed by atoms with Crippen LogP contribution in [0.4, 0.5) is 11.6 Å². The van der Waals surface area contributed by atoms with Crippen molar-refractivity contribution in [2.75, 3.05) is 19.5 Å². The van der Waals surface area contributed by atoms with Crippen molar-refractivity contribution in [3.05, 3.63) is 95.5 Å². The number of fused-ring (bicyclic) bond motifs is 3. The molecule has 0 radical (unpaired) electrons. The Morgan fingerprint density at radius 2 is 1.59 bits per heavy atom. The summed E-state index contributed by atoms with van der Waals surface area (Å²) in [5.41, 5.74) is 4.18. The first-order chi connectivity index (χ1) is 18.1. The lowest BCUT2D eigenvalue weighted by Crippen LogP contribution is -2.20. The van der Waals surface area contributed by atoms with Crippen LogP contribution in [0, 0.1) is 0 Å². The third kappa shape index (κ3) is 4.02. The van der Waals surface area contributed by atoms with Crippen LogP contribution < -0.4 is 20.3 Å². The summed E-state index contributed by atoms with van der Waals surface area (Å²) in [4.78, 5) is 22.9. The zero-order valence-electron chi connectivity index (χ0n) is 20.1. The zero-order valence-corrected chi connectivity index (χ0v) is 20.1. The molecular weight excluding hydrogens is 468 g/mol. The van der Waals surface area contributed by atoms with Gasteiger partial charge in [0.2, 0.25) is 5.95 Å². The quantitative estimate of drug-likeness (QED) is 0.335. The van der Waals surface area contributed by atoms with Crippen molar-refractivity contribution in [2.24, 2.45) is 0 Å². The first-order valence-corrected chi connectivity index (χ1v) is 11.6. The Labute approximate surface area is 211 Å². The predicted molar refractivity (Wildman–Crippen MR) is 143 cm³/mol. The Balaban J connectivity index is 1.51. The Bertz CT molecular complexity index is 1790. The lowest BCUT2D eigenvalue weighted by molar-refractivity contribution is 0.415. The normalized spacial score (nSPS) is 11.1. The van der Waals surface area contributed by atoms with Gasteiger partial charge in [-0.1, -0.05) is 24.3 Å². The molecule has 6 rings (SSSR count). The van der Waals surface area contributed by atoms with Crippen LogP contribution in [-0.2, 0) is 0 Å². The Hall–Kier alpha value is -5.18. The van der Waals surface area contributed by atoms with Crippen molar-refractivity contribution < 1.29 is 9.47 Å². The Kier molecular flexibility index (Phi) is 5.49. The minimum atomic E-state index is -0.225. The molecule has 0 unspecified atom stereocenters. The van der Waals surface area contributed by atoms with Crippen molar-refractivity contribution in [2.45, 2.75) is 0 Å². The van der Waals surface area contributed by atoms with Gasteiger partial charge in [0.15, 0.2) is 5.65 Å². The van der Waals surface area contributed by atoms with Gasteiger partial charge in [0.05, 0.1) is 30.7 Å². The molecule has 0 aliphatic carbocycles. The van der Waals surface area contributed by atoms with Crippen LogP contribution in [0.25, 0.3) is 38.8 Å². The average Bonchev–Trinajstić information content (AvgIpc) is 3.45. The number of aromatic amines is 1. The molecule has 0 aliphatic rings. The van der Waals surface area contributed by atoms with E-state index in [0.29, 0.717) is 33.6 Å². The second-order valence-corrected chi connectivity index (χ2v) is 8.35. The number of rotatable bonds is 6. The molecule has 3 aromatic heterocycles. The summed E-state index contributed by atoms with van der Waals surface area (Å²) < 4.78 is 12.1. The lowest BCUT2D eigenvalue weighted by Gasteiger charge is -2.13. The van der Waals surface area contributed by atoms with Gasteiger partial charge >= 0.3 is 0 Å². The SMILES string of the molecule is COc1ccc(Nc2ncc3c4n[nH]cc4c(=O)n(-c4cccc(-c5ccc(OC)cc5)c4)c3n2)cc1. The van der Waals surface area contributed by atoms with Gasteiger partial charge < -0.3 is 14.8 Å². The number of aromatic nitrogens is 5. The van der Waals surface area contributed by atoms with Gasteiger partial charge in [0.25, 0.3) is 5.56 Å². The number of pyridine rings is 1. The van der Waals surface area contributed by atoms with Gasteiger partial charge in [-0.15, -0.1) is 0 Å². The van der Waals surface area contributed by atoms with E-state index in [-0.39, 0.29) is 5.56 Å². The fourth-order valence-electron chi connectivity index (χ4n) is 4.30. The number of ether oxygens (including phenoxy) is 2. The molecule has 37 heavy (non-hydrogen) atoms. The molecule has 9 nitrogen and oxygen atoms in total. The summed E-state index contributed by atoms with van der Waals surface area (Å²) in [6.07, 6.45) is 3.28. The largest absolute Gasteiger partial charge is 0.497 e. The molecule has 6 aromatic rings. The Morgan fingerprint density at radius 3 is 2.32 bits per heavy atom. The second-order valence-electron chi connectivity index (χ2n) is 8.35. The lowest BCUT2D eigenvalue weighted by atomic mass is 10.0. The minimum absolute atomic E-state index is 0.225. The summed E-state index contributed by atoms with van der Waals surface area (Å²) in [5, 5.41) is 11.4. The first-order valence-electron chi connectivity index (χ1n) is 11.6. The molecular formula is C28H22N6O3. The molecule has 0 bridgehead atoms. The number of benzene rings is 3. The van der Waals surface area contributed by atoms with Gasteiger partial charge in [0.1, 0.15) is 17.0 Å². The van der Waals surface area contributed by atoms with Crippen LogP contribution in [0.1, 0.15) is 0 Å². The van der Waals surface area contributed by atoms with Crippen LogP contribution in [0.3, 0.4) is 0 Å². The van der Waals surface area contributed by atoms with Crippen LogP contribution in [-0.4, -0.2) is 39.0 Å². The highest BCUT2D eigenvalue weighted by atomic mass is 16.5. The summed E-state index contributed by atoms with van der Waals surface area (Å²) in [6, 6.07) is 23.0. The maximum Gasteiger partial charge on any atom is 0.267 e. The van der Waals surface area contributed by atoms with Gasteiger partial charge in [-0.05, 0) is 59.7 Å². The molecule has 3 aromatic carbocycles. The molecule has 0 saturated carbocycles. The van der Waals surface area contributed by atoms with Gasteiger partial charge in [-0.3, -0.25) is 14.5 Å². The summed E-state index contributed by atoms with van der Waals surface area (Å²) in [7, 11) is 3.26. The van der Waals surface area contributed by atoms with E-state index in [9.17, 15) is 4.79 Å². The maximum absolute atomic E-state index is 13.7. The number of H-pyrrole nitrogens is 1. The average molecular weight is 491 g/mol. The van der Waals surface area contributed by atoms with E-state index in [4.69, 9.17) is 14.5 Å². The van der Waals surface area contributed by atoms with Crippen molar-refractivity contribution in [1.29, 1.82) is 0 Å². The van der Waals surface area contributed by atoms with E-state index in [1.165, 1.54) is 0 Å². The molecule has 2 N–H and O–H groups in total. The summed E-state index contributed by atoms with van der Waals surface area (Å²) in [5.74, 6) is 1.88. The van der Waals surface area contributed by atoms with E-state index in [1.807, 2.05) is 72.8 Å². The van der Waals surface area contributed by atoms with E-state index < -0.39 is 0 Å².